The molecule has 0 radical (unpaired) electrons. The molecule has 4 rings (SSSR count). The van der Waals surface area contributed by atoms with Crippen LogP contribution < -0.4 is 5.46 Å². The summed E-state index contributed by atoms with van der Waals surface area (Å²) in [6.07, 6.45) is 0. The van der Waals surface area contributed by atoms with Gasteiger partial charge in [-0.05, 0) is 18.2 Å². The first-order valence-electron chi connectivity index (χ1n) is 8.86. The maximum Gasteiger partial charge on any atom is 0.339 e. The highest BCUT2D eigenvalue weighted by Gasteiger charge is 2.22. The van der Waals surface area contributed by atoms with Gasteiger partial charge in [0.1, 0.15) is 7.85 Å². The molecule has 5 nitrogen and oxygen atoms in total. The number of benzene rings is 3. The van der Waals surface area contributed by atoms with Gasteiger partial charge in [0.05, 0.1) is 42.1 Å². The molecule has 0 unspecified atom stereocenters. The summed E-state index contributed by atoms with van der Waals surface area (Å²) in [6.45, 7) is 0. The van der Waals surface area contributed by atoms with Crippen molar-refractivity contribution in [2.45, 2.75) is 0 Å². The largest absolute Gasteiger partial charge is 0.465 e. The van der Waals surface area contributed by atoms with Crippen molar-refractivity contribution in [1.82, 2.24) is 4.57 Å². The van der Waals surface area contributed by atoms with E-state index in [1.807, 2.05) is 53.1 Å². The van der Waals surface area contributed by atoms with Crippen LogP contribution in [0.4, 0.5) is 0 Å². The number of methoxy groups -OCH3 is 2. The first-order chi connectivity index (χ1) is 13.6. The van der Waals surface area contributed by atoms with Gasteiger partial charge in [0.25, 0.3) is 0 Å². The number of hydrogen-bond donors (Lipinski definition) is 0. The van der Waals surface area contributed by atoms with Crippen LogP contribution >= 0.6 is 0 Å². The summed E-state index contributed by atoms with van der Waals surface area (Å²) in [5.74, 6) is -0.910. The molecule has 0 atom stereocenters. The second kappa shape index (κ2) is 6.89. The molecule has 3 aromatic carbocycles. The molecule has 138 valence electrons. The molecular weight excluding hydrogens is 353 g/mol. The Hall–Kier alpha value is -3.54. The molecule has 6 heteroatoms. The number of hydrogen-bond acceptors (Lipinski definition) is 4. The minimum Gasteiger partial charge on any atom is -0.465 e. The van der Waals surface area contributed by atoms with Gasteiger partial charge in [0.15, 0.2) is 0 Å². The normalized spacial score (nSPS) is 10.9. The number of rotatable bonds is 3. The van der Waals surface area contributed by atoms with Crippen LogP contribution in [-0.4, -0.2) is 38.6 Å². The zero-order chi connectivity index (χ0) is 19.8. The van der Waals surface area contributed by atoms with Crippen molar-refractivity contribution in [2.24, 2.45) is 0 Å². The Labute approximate surface area is 162 Å². The summed E-state index contributed by atoms with van der Waals surface area (Å²) in [5.41, 5.74) is 3.90. The Morgan fingerprint density at radius 2 is 1.29 bits per heavy atom. The summed E-state index contributed by atoms with van der Waals surface area (Å²) < 4.78 is 11.9. The van der Waals surface area contributed by atoms with Gasteiger partial charge in [-0.3, -0.25) is 0 Å². The fourth-order valence-electron chi connectivity index (χ4n) is 3.67. The highest BCUT2D eigenvalue weighted by molar-refractivity contribution is 6.37. The van der Waals surface area contributed by atoms with Gasteiger partial charge < -0.3 is 14.0 Å². The zero-order valence-corrected chi connectivity index (χ0v) is 15.9. The quantitative estimate of drug-likeness (QED) is 0.410. The molecule has 0 bridgehead atoms. The average molecular weight is 371 g/mol. The number of carbonyl (C=O) groups excluding carboxylic acids is 2. The lowest BCUT2D eigenvalue weighted by molar-refractivity contribution is 0.0588. The van der Waals surface area contributed by atoms with E-state index in [1.165, 1.54) is 14.2 Å². The summed E-state index contributed by atoms with van der Waals surface area (Å²) in [7, 11) is 4.46. The lowest BCUT2D eigenvalue weighted by Gasteiger charge is -2.15. The molecule has 1 heterocycles. The number of nitrogens with zero attached hydrogens (tertiary/aromatic N) is 1. The molecule has 0 saturated carbocycles. The molecule has 0 aliphatic carbocycles. The smallest absolute Gasteiger partial charge is 0.339 e. The van der Waals surface area contributed by atoms with E-state index in [1.54, 1.807) is 20.0 Å². The van der Waals surface area contributed by atoms with Crippen LogP contribution in [0.15, 0.2) is 60.7 Å². The number of aromatic nitrogens is 1. The second-order valence-electron chi connectivity index (χ2n) is 6.54. The fourth-order valence-corrected chi connectivity index (χ4v) is 3.67. The summed E-state index contributed by atoms with van der Waals surface area (Å²) >= 11 is 0. The van der Waals surface area contributed by atoms with Crippen LogP contribution in [-0.2, 0) is 9.47 Å². The Balaban J connectivity index is 2.16. The maximum atomic E-state index is 12.6. The lowest BCUT2D eigenvalue weighted by atomic mass is 9.88. The molecular formula is C22H18BNO4. The van der Waals surface area contributed by atoms with Crippen molar-refractivity contribution in [3.05, 3.63) is 71.8 Å². The Bertz CT molecular complexity index is 1190. The first-order valence-corrected chi connectivity index (χ1v) is 8.86. The second-order valence-corrected chi connectivity index (χ2v) is 6.54. The van der Waals surface area contributed by atoms with E-state index >= 15 is 0 Å². The number of fused-ring (bicyclic) bond motifs is 3. The van der Waals surface area contributed by atoms with Gasteiger partial charge in [-0.2, -0.15) is 0 Å². The molecule has 4 aromatic rings. The maximum absolute atomic E-state index is 12.6. The Morgan fingerprint density at radius 1 is 0.786 bits per heavy atom. The van der Waals surface area contributed by atoms with E-state index in [2.05, 4.69) is 0 Å². The van der Waals surface area contributed by atoms with E-state index in [-0.39, 0.29) is 0 Å². The third-order valence-corrected chi connectivity index (χ3v) is 4.97. The van der Waals surface area contributed by atoms with E-state index in [4.69, 9.17) is 9.47 Å². The molecule has 0 aliphatic heterocycles. The Kier molecular flexibility index (Phi) is 4.39. The number of ether oxygens (including phenoxy) is 2. The van der Waals surface area contributed by atoms with Gasteiger partial charge in [-0.1, -0.05) is 47.9 Å². The minimum atomic E-state index is -0.462. The van der Waals surface area contributed by atoms with Crippen LogP contribution in [0.5, 0.6) is 0 Å². The molecule has 0 fully saturated rings. The van der Waals surface area contributed by atoms with Crippen molar-refractivity contribution in [2.75, 3.05) is 14.2 Å². The molecule has 0 aliphatic rings. The number of esters is 2. The summed E-state index contributed by atoms with van der Waals surface area (Å²) in [5, 5.41) is 2.13. The number of carbonyl (C=O) groups is 2. The predicted molar refractivity (Wildman–Crippen MR) is 112 cm³/mol. The lowest BCUT2D eigenvalue weighted by Crippen LogP contribution is -2.21. The van der Waals surface area contributed by atoms with E-state index in [9.17, 15) is 9.59 Å². The fraction of sp³-hybridized carbons (Fsp3) is 0.0909. The third kappa shape index (κ3) is 2.65. The van der Waals surface area contributed by atoms with Crippen molar-refractivity contribution in [3.63, 3.8) is 0 Å². The minimum absolute atomic E-state index is 0.388. The molecule has 1 aromatic heterocycles. The topological polar surface area (TPSA) is 57.5 Å². The highest BCUT2D eigenvalue weighted by atomic mass is 16.5. The first kappa shape index (κ1) is 17.9. The van der Waals surface area contributed by atoms with Crippen LogP contribution in [0.2, 0.25) is 0 Å². The van der Waals surface area contributed by atoms with E-state index in [0.29, 0.717) is 22.3 Å². The molecule has 28 heavy (non-hydrogen) atoms. The van der Waals surface area contributed by atoms with Crippen LogP contribution in [0.25, 0.3) is 27.5 Å². The SMILES string of the molecule is Bc1cc(C(=O)OC)c(-n2c3ccccc3c3ccccc32)cc1C(=O)OC. The van der Waals surface area contributed by atoms with E-state index < -0.39 is 11.9 Å². The van der Waals surface area contributed by atoms with Crippen molar-refractivity contribution >= 4 is 47.1 Å². The standard InChI is InChI=1S/C22H18BNO4/c1-27-21(25)15-12-20(16(11-17(15)23)22(26)28-2)24-18-9-5-3-7-13(18)14-8-4-6-10-19(14)24/h3-12H,23H2,1-2H3. The van der Waals surface area contributed by atoms with Crippen molar-refractivity contribution in [3.8, 4) is 5.69 Å². The zero-order valence-electron chi connectivity index (χ0n) is 15.9. The van der Waals surface area contributed by atoms with Gasteiger partial charge in [0, 0.05) is 10.8 Å². The predicted octanol–water partition coefficient (Wildman–Crippen LogP) is 2.62. The van der Waals surface area contributed by atoms with Crippen LogP contribution in [0.3, 0.4) is 0 Å². The van der Waals surface area contributed by atoms with Crippen LogP contribution in [0.1, 0.15) is 20.7 Å². The molecule has 0 saturated heterocycles. The highest BCUT2D eigenvalue weighted by Crippen LogP contribution is 2.33. The summed E-state index contributed by atoms with van der Waals surface area (Å²) in [4.78, 5) is 24.8. The van der Waals surface area contributed by atoms with Crippen LogP contribution in [0, 0.1) is 0 Å². The van der Waals surface area contributed by atoms with Gasteiger partial charge >= 0.3 is 11.9 Å². The molecule has 0 amide bonds. The average Bonchev–Trinajstić information content (AvgIpc) is 3.07. The monoisotopic (exact) mass is 371 g/mol. The summed E-state index contributed by atoms with van der Waals surface area (Å²) in [6, 6.07) is 19.3. The van der Waals surface area contributed by atoms with Gasteiger partial charge in [0.2, 0.25) is 0 Å². The van der Waals surface area contributed by atoms with Crippen molar-refractivity contribution < 1.29 is 19.1 Å². The third-order valence-electron chi connectivity index (χ3n) is 4.97. The van der Waals surface area contributed by atoms with E-state index in [0.717, 1.165) is 21.8 Å². The van der Waals surface area contributed by atoms with Gasteiger partial charge in [-0.25, -0.2) is 9.59 Å². The van der Waals surface area contributed by atoms with Gasteiger partial charge in [-0.15, -0.1) is 0 Å². The molecule has 0 spiro atoms. The van der Waals surface area contributed by atoms with Crippen molar-refractivity contribution in [1.29, 1.82) is 0 Å². The Morgan fingerprint density at radius 3 is 1.82 bits per heavy atom. The molecule has 0 N–H and O–H groups in total. The number of para-hydroxylation sites is 2.